The zero-order valence-corrected chi connectivity index (χ0v) is 15.8. The van der Waals surface area contributed by atoms with Crippen LogP contribution in [0.1, 0.15) is 5.56 Å². The van der Waals surface area contributed by atoms with Gasteiger partial charge in [-0.25, -0.2) is 4.98 Å². The minimum Gasteiger partial charge on any atom is -0.355 e. The molecule has 2 aromatic carbocycles. The molecule has 8 heteroatoms. The molecule has 1 amide bonds. The highest BCUT2D eigenvalue weighted by atomic mass is 35.5. The van der Waals surface area contributed by atoms with Gasteiger partial charge in [0.2, 0.25) is 11.1 Å². The zero-order chi connectivity index (χ0) is 18.6. The maximum atomic E-state index is 12.0. The summed E-state index contributed by atoms with van der Waals surface area (Å²) in [5.74, 6) is 0.172. The van der Waals surface area contributed by atoms with Gasteiger partial charge in [-0.15, -0.1) is 10.2 Å². The molecule has 27 heavy (non-hydrogen) atoms. The van der Waals surface area contributed by atoms with Crippen LogP contribution < -0.4 is 5.32 Å². The van der Waals surface area contributed by atoms with E-state index in [0.29, 0.717) is 22.4 Å². The first kappa shape index (κ1) is 17.8. The van der Waals surface area contributed by atoms with Gasteiger partial charge in [-0.05, 0) is 30.2 Å². The molecule has 4 aromatic rings. The van der Waals surface area contributed by atoms with Crippen molar-refractivity contribution in [1.82, 2.24) is 25.5 Å². The topological polar surface area (TPSA) is 83.6 Å². The van der Waals surface area contributed by atoms with Gasteiger partial charge in [0.15, 0.2) is 5.65 Å². The van der Waals surface area contributed by atoms with Gasteiger partial charge in [0, 0.05) is 22.5 Å². The molecule has 0 aliphatic carbocycles. The zero-order valence-electron chi connectivity index (χ0n) is 14.3. The molecule has 0 aliphatic heterocycles. The summed E-state index contributed by atoms with van der Waals surface area (Å²) in [6, 6.07) is 15.5. The van der Waals surface area contributed by atoms with Gasteiger partial charge in [0.25, 0.3) is 0 Å². The van der Waals surface area contributed by atoms with Crippen LogP contribution >= 0.6 is 23.4 Å². The Morgan fingerprint density at radius 3 is 2.93 bits per heavy atom. The van der Waals surface area contributed by atoms with Crippen LogP contribution in [0.4, 0.5) is 0 Å². The van der Waals surface area contributed by atoms with Crippen molar-refractivity contribution in [2.75, 3.05) is 12.3 Å². The largest absolute Gasteiger partial charge is 0.355 e. The number of aromatic nitrogens is 4. The van der Waals surface area contributed by atoms with Crippen LogP contribution in [-0.2, 0) is 11.2 Å². The van der Waals surface area contributed by atoms with E-state index in [-0.39, 0.29) is 11.7 Å². The van der Waals surface area contributed by atoms with E-state index in [4.69, 9.17) is 11.6 Å². The average molecular weight is 398 g/mol. The van der Waals surface area contributed by atoms with Crippen molar-refractivity contribution in [3.05, 3.63) is 59.1 Å². The third kappa shape index (κ3) is 4.20. The Morgan fingerprint density at radius 1 is 1.15 bits per heavy atom. The number of nitrogens with one attached hydrogen (secondary N) is 2. The summed E-state index contributed by atoms with van der Waals surface area (Å²) in [6.45, 7) is 0.555. The van der Waals surface area contributed by atoms with Gasteiger partial charge in [-0.1, -0.05) is 53.7 Å². The van der Waals surface area contributed by atoms with Crippen molar-refractivity contribution in [3.63, 3.8) is 0 Å². The lowest BCUT2D eigenvalue weighted by molar-refractivity contribution is -0.118. The van der Waals surface area contributed by atoms with Gasteiger partial charge < -0.3 is 10.3 Å². The first-order chi connectivity index (χ1) is 13.2. The molecule has 0 saturated carbocycles. The van der Waals surface area contributed by atoms with Crippen molar-refractivity contribution in [3.8, 4) is 0 Å². The van der Waals surface area contributed by atoms with Crippen molar-refractivity contribution in [2.24, 2.45) is 0 Å². The Balaban J connectivity index is 1.32. The summed E-state index contributed by atoms with van der Waals surface area (Å²) in [5.41, 5.74) is 3.47. The number of H-pyrrole nitrogens is 1. The average Bonchev–Trinajstić information content (AvgIpc) is 3.04. The van der Waals surface area contributed by atoms with Gasteiger partial charge in [0.05, 0.1) is 5.75 Å². The smallest absolute Gasteiger partial charge is 0.230 e. The van der Waals surface area contributed by atoms with E-state index in [1.807, 2.05) is 48.5 Å². The normalized spacial score (nSPS) is 11.1. The molecule has 6 nitrogen and oxygen atoms in total. The minimum absolute atomic E-state index is 0.0672. The van der Waals surface area contributed by atoms with E-state index >= 15 is 0 Å². The van der Waals surface area contributed by atoms with Gasteiger partial charge in [-0.2, -0.15) is 0 Å². The maximum absolute atomic E-state index is 12.0. The number of amides is 1. The molecule has 0 fully saturated rings. The quantitative estimate of drug-likeness (QED) is 0.485. The second-order valence-electron chi connectivity index (χ2n) is 5.98. The Hall–Kier alpha value is -2.64. The van der Waals surface area contributed by atoms with Crippen LogP contribution in [0.2, 0.25) is 5.02 Å². The third-order valence-electron chi connectivity index (χ3n) is 4.06. The van der Waals surface area contributed by atoms with Crippen molar-refractivity contribution in [1.29, 1.82) is 0 Å². The molecule has 0 atom stereocenters. The number of carbonyl (C=O) groups is 1. The Kier molecular flexibility index (Phi) is 5.22. The molecule has 4 rings (SSSR count). The Labute approximate surface area is 164 Å². The van der Waals surface area contributed by atoms with E-state index in [2.05, 4.69) is 25.5 Å². The van der Waals surface area contributed by atoms with E-state index in [9.17, 15) is 4.79 Å². The number of para-hydroxylation sites is 1. The van der Waals surface area contributed by atoms with E-state index in [0.717, 1.165) is 28.4 Å². The molecule has 2 aromatic heterocycles. The SMILES string of the molecule is O=C(CSc1nnc2c(n1)[nH]c1ccccc12)NCCc1cccc(Cl)c1. The van der Waals surface area contributed by atoms with Crippen LogP contribution in [0.25, 0.3) is 22.1 Å². The molecule has 2 N–H and O–H groups in total. The van der Waals surface area contributed by atoms with E-state index < -0.39 is 0 Å². The molecule has 0 saturated heterocycles. The number of carbonyl (C=O) groups excluding carboxylic acids is 1. The first-order valence-electron chi connectivity index (χ1n) is 8.44. The number of thioether (sulfide) groups is 1. The number of benzene rings is 2. The lowest BCUT2D eigenvalue weighted by Gasteiger charge is -2.05. The summed E-state index contributed by atoms with van der Waals surface area (Å²) < 4.78 is 0. The molecule has 136 valence electrons. The van der Waals surface area contributed by atoms with E-state index in [1.54, 1.807) is 0 Å². The predicted octanol–water partition coefficient (Wildman–Crippen LogP) is 3.61. The standard InChI is InChI=1S/C19H16ClN5OS/c20-13-5-3-4-12(10-13)8-9-21-16(26)11-27-19-23-18-17(24-25-19)14-6-1-2-7-15(14)22-18/h1-7,10H,8-9,11H2,(H,21,26)(H,22,23,25). The molecule has 0 radical (unpaired) electrons. The van der Waals surface area contributed by atoms with Crippen LogP contribution in [-0.4, -0.2) is 38.4 Å². The highest BCUT2D eigenvalue weighted by Gasteiger charge is 2.10. The number of nitrogens with zero attached hydrogens (tertiary/aromatic N) is 3. The highest BCUT2D eigenvalue weighted by molar-refractivity contribution is 7.99. The Morgan fingerprint density at radius 2 is 2.04 bits per heavy atom. The summed E-state index contributed by atoms with van der Waals surface area (Å²) in [7, 11) is 0. The second-order valence-corrected chi connectivity index (χ2v) is 7.36. The molecule has 0 aliphatic rings. The predicted molar refractivity (Wildman–Crippen MR) is 108 cm³/mol. The minimum atomic E-state index is -0.0672. The fourth-order valence-corrected chi connectivity index (χ4v) is 3.62. The van der Waals surface area contributed by atoms with Crippen molar-refractivity contribution in [2.45, 2.75) is 11.6 Å². The lowest BCUT2D eigenvalue weighted by Crippen LogP contribution is -2.27. The monoisotopic (exact) mass is 397 g/mol. The van der Waals surface area contributed by atoms with Gasteiger partial charge in [0.1, 0.15) is 5.52 Å². The molecule has 0 bridgehead atoms. The van der Waals surface area contributed by atoms with Gasteiger partial charge in [-0.3, -0.25) is 4.79 Å². The number of fused-ring (bicyclic) bond motifs is 3. The molecule has 2 heterocycles. The third-order valence-corrected chi connectivity index (χ3v) is 5.13. The number of rotatable bonds is 6. The summed E-state index contributed by atoms with van der Waals surface area (Å²) in [4.78, 5) is 19.7. The fraction of sp³-hybridized carbons (Fsp3) is 0.158. The van der Waals surface area contributed by atoms with Crippen LogP contribution in [0, 0.1) is 0 Å². The van der Waals surface area contributed by atoms with Crippen LogP contribution in [0.3, 0.4) is 0 Å². The summed E-state index contributed by atoms with van der Waals surface area (Å²) in [6.07, 6.45) is 0.732. The number of halogens is 1. The lowest BCUT2D eigenvalue weighted by atomic mass is 10.1. The second kappa shape index (κ2) is 7.94. The number of hydrogen-bond donors (Lipinski definition) is 2. The summed E-state index contributed by atoms with van der Waals surface area (Å²) in [5, 5.41) is 13.4. The maximum Gasteiger partial charge on any atom is 0.230 e. The Bertz CT molecular complexity index is 1110. The van der Waals surface area contributed by atoms with Crippen molar-refractivity contribution < 1.29 is 4.79 Å². The van der Waals surface area contributed by atoms with E-state index in [1.165, 1.54) is 11.8 Å². The fourth-order valence-electron chi connectivity index (χ4n) is 2.79. The van der Waals surface area contributed by atoms with Gasteiger partial charge >= 0.3 is 0 Å². The summed E-state index contributed by atoms with van der Waals surface area (Å²) >= 11 is 7.22. The van der Waals surface area contributed by atoms with Crippen molar-refractivity contribution >= 4 is 51.3 Å². The highest BCUT2D eigenvalue weighted by Crippen LogP contribution is 2.23. The van der Waals surface area contributed by atoms with Crippen LogP contribution in [0.5, 0.6) is 0 Å². The first-order valence-corrected chi connectivity index (χ1v) is 9.80. The van der Waals surface area contributed by atoms with Crippen LogP contribution in [0.15, 0.2) is 53.7 Å². The molecule has 0 spiro atoms. The molecule has 0 unspecified atom stereocenters. The molecular weight excluding hydrogens is 382 g/mol. The number of hydrogen-bond acceptors (Lipinski definition) is 5. The molecular formula is C19H16ClN5OS. The number of aromatic amines is 1.